The molecule has 1 heterocycles. The zero-order valence-corrected chi connectivity index (χ0v) is 10.5. The minimum absolute atomic E-state index is 0.328. The molecular weight excluding hydrogens is 216 g/mol. The van der Waals surface area contributed by atoms with Crippen molar-refractivity contribution >= 4 is 11.8 Å². The van der Waals surface area contributed by atoms with Crippen molar-refractivity contribution in [3.8, 4) is 0 Å². The van der Waals surface area contributed by atoms with Gasteiger partial charge in [0.25, 0.3) is 0 Å². The molecule has 17 heavy (non-hydrogen) atoms. The fourth-order valence-corrected chi connectivity index (χ4v) is 2.17. The fourth-order valence-electron chi connectivity index (χ4n) is 2.17. The lowest BCUT2D eigenvalue weighted by atomic mass is 10.2. The molecule has 1 aliphatic rings. The molecule has 1 aromatic rings. The number of hydrogen-bond donors (Lipinski definition) is 2. The number of fused-ring (bicyclic) bond motifs is 1. The molecule has 0 saturated carbocycles. The number of nitrogens with zero attached hydrogens (tertiary/aromatic N) is 2. The second-order valence-electron chi connectivity index (χ2n) is 4.54. The maximum absolute atomic E-state index is 5.72. The first-order chi connectivity index (χ1) is 8.20. The van der Waals surface area contributed by atoms with Crippen LogP contribution >= 0.6 is 0 Å². The van der Waals surface area contributed by atoms with Crippen LogP contribution in [-0.2, 0) is 17.6 Å². The van der Waals surface area contributed by atoms with Crippen molar-refractivity contribution in [2.75, 3.05) is 24.8 Å². The van der Waals surface area contributed by atoms with Gasteiger partial charge in [-0.15, -0.1) is 0 Å². The summed E-state index contributed by atoms with van der Waals surface area (Å²) in [4.78, 5) is 8.59. The third kappa shape index (κ3) is 2.85. The fraction of sp³-hybridized carbons (Fsp3) is 0.667. The monoisotopic (exact) mass is 236 g/mol. The highest BCUT2D eigenvalue weighted by atomic mass is 16.5. The number of aromatic nitrogens is 2. The van der Waals surface area contributed by atoms with Crippen LogP contribution in [0.4, 0.5) is 11.8 Å². The Labute approximate surface area is 102 Å². The SMILES string of the molecule is COCC[C@@H](C)Nc1nc(N)nc2c1CCC2. The van der Waals surface area contributed by atoms with E-state index in [0.717, 1.165) is 43.8 Å². The number of rotatable bonds is 5. The molecule has 0 amide bonds. The van der Waals surface area contributed by atoms with Crippen LogP contribution < -0.4 is 11.1 Å². The van der Waals surface area contributed by atoms with E-state index in [1.165, 1.54) is 5.56 Å². The van der Waals surface area contributed by atoms with Gasteiger partial charge < -0.3 is 15.8 Å². The minimum Gasteiger partial charge on any atom is -0.385 e. The Balaban J connectivity index is 2.10. The summed E-state index contributed by atoms with van der Waals surface area (Å²) in [6.45, 7) is 2.87. The van der Waals surface area contributed by atoms with Crippen molar-refractivity contribution in [3.05, 3.63) is 11.3 Å². The first-order valence-corrected chi connectivity index (χ1v) is 6.11. The number of methoxy groups -OCH3 is 1. The number of nitrogens with two attached hydrogens (primary N) is 1. The van der Waals surface area contributed by atoms with Crippen LogP contribution in [0.5, 0.6) is 0 Å². The summed E-state index contributed by atoms with van der Waals surface area (Å²) in [6.07, 6.45) is 4.17. The lowest BCUT2D eigenvalue weighted by Gasteiger charge is -2.16. The van der Waals surface area contributed by atoms with Crippen LogP contribution in [0, 0.1) is 0 Å². The summed E-state index contributed by atoms with van der Waals surface area (Å²) in [5.74, 6) is 1.28. The summed E-state index contributed by atoms with van der Waals surface area (Å²) in [5, 5.41) is 3.41. The highest BCUT2D eigenvalue weighted by Crippen LogP contribution is 2.27. The van der Waals surface area contributed by atoms with Crippen LogP contribution in [0.3, 0.4) is 0 Å². The highest BCUT2D eigenvalue weighted by Gasteiger charge is 2.19. The van der Waals surface area contributed by atoms with Gasteiger partial charge in [-0.1, -0.05) is 0 Å². The summed E-state index contributed by atoms with van der Waals surface area (Å²) in [7, 11) is 1.72. The van der Waals surface area contributed by atoms with E-state index in [9.17, 15) is 0 Å². The quantitative estimate of drug-likeness (QED) is 0.808. The summed E-state index contributed by atoms with van der Waals surface area (Å²) in [5.41, 5.74) is 8.07. The molecule has 0 aliphatic heterocycles. The number of aryl methyl sites for hydroxylation is 1. The summed E-state index contributed by atoms with van der Waals surface area (Å²) < 4.78 is 5.07. The average Bonchev–Trinajstić information content (AvgIpc) is 2.74. The van der Waals surface area contributed by atoms with Gasteiger partial charge >= 0.3 is 0 Å². The molecule has 0 spiro atoms. The van der Waals surface area contributed by atoms with Crippen molar-refractivity contribution in [3.63, 3.8) is 0 Å². The van der Waals surface area contributed by atoms with E-state index < -0.39 is 0 Å². The van der Waals surface area contributed by atoms with E-state index in [-0.39, 0.29) is 0 Å². The van der Waals surface area contributed by atoms with Crippen LogP contribution in [0.1, 0.15) is 31.0 Å². The van der Waals surface area contributed by atoms with E-state index >= 15 is 0 Å². The zero-order valence-electron chi connectivity index (χ0n) is 10.5. The smallest absolute Gasteiger partial charge is 0.222 e. The Hall–Kier alpha value is -1.36. The Bertz CT molecular complexity index is 394. The molecule has 2 rings (SSSR count). The predicted molar refractivity (Wildman–Crippen MR) is 68.0 cm³/mol. The minimum atomic E-state index is 0.328. The van der Waals surface area contributed by atoms with E-state index in [0.29, 0.717) is 12.0 Å². The van der Waals surface area contributed by atoms with Crippen LogP contribution in [0.25, 0.3) is 0 Å². The molecular formula is C12H20N4O. The van der Waals surface area contributed by atoms with Crippen molar-refractivity contribution in [1.82, 2.24) is 9.97 Å². The van der Waals surface area contributed by atoms with Gasteiger partial charge in [0, 0.05) is 25.3 Å². The van der Waals surface area contributed by atoms with Gasteiger partial charge in [-0.05, 0) is 32.6 Å². The number of nitrogen functional groups attached to an aromatic ring is 1. The van der Waals surface area contributed by atoms with E-state index in [1.54, 1.807) is 7.11 Å². The van der Waals surface area contributed by atoms with Crippen molar-refractivity contribution in [2.45, 2.75) is 38.6 Å². The van der Waals surface area contributed by atoms with Gasteiger partial charge in [0.2, 0.25) is 5.95 Å². The normalized spacial score (nSPS) is 15.6. The molecule has 5 heteroatoms. The van der Waals surface area contributed by atoms with Crippen molar-refractivity contribution in [2.24, 2.45) is 0 Å². The largest absolute Gasteiger partial charge is 0.385 e. The summed E-state index contributed by atoms with van der Waals surface area (Å²) in [6, 6.07) is 0.328. The predicted octanol–water partition coefficient (Wildman–Crippen LogP) is 1.38. The van der Waals surface area contributed by atoms with Gasteiger partial charge in [0.05, 0.1) is 5.69 Å². The number of hydrogen-bond acceptors (Lipinski definition) is 5. The van der Waals surface area contributed by atoms with E-state index in [4.69, 9.17) is 10.5 Å². The molecule has 0 bridgehead atoms. The first kappa shape index (κ1) is 12.1. The Morgan fingerprint density at radius 1 is 1.41 bits per heavy atom. The Morgan fingerprint density at radius 3 is 3.00 bits per heavy atom. The Morgan fingerprint density at radius 2 is 2.24 bits per heavy atom. The maximum atomic E-state index is 5.72. The van der Waals surface area contributed by atoms with E-state index in [2.05, 4.69) is 22.2 Å². The summed E-state index contributed by atoms with van der Waals surface area (Å²) >= 11 is 0. The second-order valence-corrected chi connectivity index (χ2v) is 4.54. The van der Waals surface area contributed by atoms with Crippen molar-refractivity contribution in [1.29, 1.82) is 0 Å². The third-order valence-electron chi connectivity index (χ3n) is 3.09. The average molecular weight is 236 g/mol. The molecule has 1 aliphatic carbocycles. The third-order valence-corrected chi connectivity index (χ3v) is 3.09. The molecule has 1 aromatic heterocycles. The van der Waals surface area contributed by atoms with Gasteiger partial charge in [-0.25, -0.2) is 4.98 Å². The highest BCUT2D eigenvalue weighted by molar-refractivity contribution is 5.51. The van der Waals surface area contributed by atoms with Crippen molar-refractivity contribution < 1.29 is 4.74 Å². The Kier molecular flexibility index (Phi) is 3.78. The van der Waals surface area contributed by atoms with Gasteiger partial charge in [0.15, 0.2) is 0 Å². The van der Waals surface area contributed by atoms with Gasteiger partial charge in [0.1, 0.15) is 5.82 Å². The molecule has 1 atom stereocenters. The molecule has 0 radical (unpaired) electrons. The lowest BCUT2D eigenvalue weighted by molar-refractivity contribution is 0.191. The van der Waals surface area contributed by atoms with Crippen LogP contribution in [-0.4, -0.2) is 29.7 Å². The molecule has 5 nitrogen and oxygen atoms in total. The van der Waals surface area contributed by atoms with E-state index in [1.807, 2.05) is 0 Å². The molecule has 3 N–H and O–H groups in total. The topological polar surface area (TPSA) is 73.1 Å². The maximum Gasteiger partial charge on any atom is 0.222 e. The molecule has 94 valence electrons. The second kappa shape index (κ2) is 5.31. The molecule has 0 unspecified atom stereocenters. The molecule has 0 fully saturated rings. The van der Waals surface area contributed by atoms with Crippen LogP contribution in [0.15, 0.2) is 0 Å². The molecule has 0 aromatic carbocycles. The van der Waals surface area contributed by atoms with Gasteiger partial charge in [-0.3, -0.25) is 0 Å². The first-order valence-electron chi connectivity index (χ1n) is 6.11. The zero-order chi connectivity index (χ0) is 12.3. The van der Waals surface area contributed by atoms with Gasteiger partial charge in [-0.2, -0.15) is 4.98 Å². The van der Waals surface area contributed by atoms with Crippen LogP contribution in [0.2, 0.25) is 0 Å². The number of ether oxygens (including phenoxy) is 1. The standard InChI is InChI=1S/C12H20N4O/c1-8(6-7-17-2)14-11-9-4-3-5-10(9)15-12(13)16-11/h8H,3-7H2,1-2H3,(H3,13,14,15,16)/t8-/m1/s1. The molecule has 0 saturated heterocycles. The number of nitrogens with one attached hydrogen (secondary N) is 1. The number of anilines is 2. The lowest BCUT2D eigenvalue weighted by Crippen LogP contribution is -2.20.